The highest BCUT2D eigenvalue weighted by Gasteiger charge is 2.18. The molecule has 0 amide bonds. The minimum Gasteiger partial charge on any atom is -0.476 e. The van der Waals surface area contributed by atoms with Gasteiger partial charge in [-0.25, -0.2) is 9.48 Å². The zero-order valence-electron chi connectivity index (χ0n) is 11.2. The van der Waals surface area contributed by atoms with Crippen molar-refractivity contribution in [2.24, 2.45) is 0 Å². The molecule has 0 aliphatic rings. The first-order valence-electron chi connectivity index (χ1n) is 6.34. The van der Waals surface area contributed by atoms with Gasteiger partial charge in [-0.15, -0.1) is 5.10 Å². The molecule has 3 heterocycles. The lowest BCUT2D eigenvalue weighted by atomic mass is 10.2. The zero-order valence-corrected chi connectivity index (χ0v) is 11.2. The summed E-state index contributed by atoms with van der Waals surface area (Å²) in [4.78, 5) is 11.0. The molecule has 0 saturated heterocycles. The fraction of sp³-hybridized carbons (Fsp3) is 0.231. The lowest BCUT2D eigenvalue weighted by molar-refractivity contribution is 0.0689. The van der Waals surface area contributed by atoms with Crippen LogP contribution in [-0.4, -0.2) is 31.2 Å². The van der Waals surface area contributed by atoms with Gasteiger partial charge in [-0.1, -0.05) is 17.3 Å². The van der Waals surface area contributed by atoms with Crippen molar-refractivity contribution in [3.63, 3.8) is 0 Å². The highest BCUT2D eigenvalue weighted by Crippen LogP contribution is 2.21. The number of furan rings is 1. The summed E-state index contributed by atoms with van der Waals surface area (Å²) in [6, 6.07) is 5.24. The molecule has 3 aromatic heterocycles. The molecule has 8 nitrogen and oxygen atoms in total. The lowest BCUT2D eigenvalue weighted by Gasteiger charge is -2.01. The van der Waals surface area contributed by atoms with E-state index in [1.54, 1.807) is 24.5 Å². The largest absolute Gasteiger partial charge is 0.476 e. The van der Waals surface area contributed by atoms with Gasteiger partial charge in [0, 0.05) is 6.07 Å². The van der Waals surface area contributed by atoms with Crippen molar-refractivity contribution in [1.29, 1.82) is 0 Å². The maximum Gasteiger partial charge on any atom is 0.358 e. The Morgan fingerprint density at radius 3 is 2.95 bits per heavy atom. The van der Waals surface area contributed by atoms with Gasteiger partial charge in [0.2, 0.25) is 5.76 Å². The van der Waals surface area contributed by atoms with E-state index in [-0.39, 0.29) is 12.2 Å². The average Bonchev–Trinajstić information content (AvgIpc) is 3.18. The number of hydrogen-bond donors (Lipinski definition) is 1. The smallest absolute Gasteiger partial charge is 0.358 e. The van der Waals surface area contributed by atoms with Gasteiger partial charge in [0.15, 0.2) is 11.5 Å². The second-order valence-electron chi connectivity index (χ2n) is 4.36. The van der Waals surface area contributed by atoms with Gasteiger partial charge in [0.1, 0.15) is 5.69 Å². The molecule has 0 aliphatic heterocycles. The van der Waals surface area contributed by atoms with Gasteiger partial charge in [-0.3, -0.25) is 0 Å². The first-order valence-corrected chi connectivity index (χ1v) is 6.34. The molecule has 0 fully saturated rings. The first kappa shape index (κ1) is 13.1. The summed E-state index contributed by atoms with van der Waals surface area (Å²) in [5.41, 5.74) is 1.12. The number of rotatable bonds is 5. The number of nitrogens with zero attached hydrogens (tertiary/aromatic N) is 4. The molecule has 21 heavy (non-hydrogen) atoms. The van der Waals surface area contributed by atoms with Gasteiger partial charge >= 0.3 is 5.97 Å². The number of hydrogen-bond acceptors (Lipinski definition) is 6. The van der Waals surface area contributed by atoms with Crippen LogP contribution in [0.15, 0.2) is 33.4 Å². The minimum absolute atomic E-state index is 0.0350. The average molecular weight is 288 g/mol. The molecule has 0 atom stereocenters. The second-order valence-corrected chi connectivity index (χ2v) is 4.36. The maximum absolute atomic E-state index is 11.0. The monoisotopic (exact) mass is 288 g/mol. The zero-order chi connectivity index (χ0) is 14.8. The number of carboxylic acid groups (broad SMARTS) is 1. The van der Waals surface area contributed by atoms with E-state index in [2.05, 4.69) is 15.5 Å². The summed E-state index contributed by atoms with van der Waals surface area (Å²) in [5, 5.41) is 20.5. The highest BCUT2D eigenvalue weighted by molar-refractivity contribution is 5.86. The van der Waals surface area contributed by atoms with Crippen molar-refractivity contribution in [3.8, 4) is 11.5 Å². The molecule has 3 rings (SSSR count). The van der Waals surface area contributed by atoms with Crippen LogP contribution < -0.4 is 0 Å². The van der Waals surface area contributed by atoms with Crippen LogP contribution in [0.2, 0.25) is 0 Å². The molecule has 8 heteroatoms. The predicted molar refractivity (Wildman–Crippen MR) is 69.7 cm³/mol. The SMILES string of the molecule is CCc1c(C(=O)O)nnn1Cc1cc(-c2ccco2)on1. The Morgan fingerprint density at radius 2 is 2.29 bits per heavy atom. The van der Waals surface area contributed by atoms with E-state index in [0.717, 1.165) is 0 Å². The van der Waals surface area contributed by atoms with Crippen LogP contribution in [0.3, 0.4) is 0 Å². The molecule has 108 valence electrons. The molecule has 0 radical (unpaired) electrons. The topological polar surface area (TPSA) is 107 Å². The van der Waals surface area contributed by atoms with E-state index in [9.17, 15) is 4.79 Å². The molecule has 3 aromatic rings. The molecular formula is C13H12N4O4. The molecule has 0 unspecified atom stereocenters. The summed E-state index contributed by atoms with van der Waals surface area (Å²) in [6.45, 7) is 2.13. The van der Waals surface area contributed by atoms with E-state index in [0.29, 0.717) is 29.3 Å². The van der Waals surface area contributed by atoms with E-state index in [4.69, 9.17) is 14.0 Å². The summed E-state index contributed by atoms with van der Waals surface area (Å²) in [6.07, 6.45) is 2.06. The van der Waals surface area contributed by atoms with Crippen molar-refractivity contribution >= 4 is 5.97 Å². The third-order valence-electron chi connectivity index (χ3n) is 3.01. The van der Waals surface area contributed by atoms with Crippen LogP contribution in [0.1, 0.15) is 28.8 Å². The number of carboxylic acids is 1. The van der Waals surface area contributed by atoms with Crippen LogP contribution in [0, 0.1) is 0 Å². The summed E-state index contributed by atoms with van der Waals surface area (Å²) >= 11 is 0. The third kappa shape index (κ3) is 2.42. The van der Waals surface area contributed by atoms with Crippen LogP contribution in [0.25, 0.3) is 11.5 Å². The summed E-state index contributed by atoms with van der Waals surface area (Å²) in [5.74, 6) is -0.00423. The van der Waals surface area contributed by atoms with E-state index in [1.165, 1.54) is 4.68 Å². The van der Waals surface area contributed by atoms with Crippen molar-refractivity contribution < 1.29 is 18.8 Å². The van der Waals surface area contributed by atoms with Crippen molar-refractivity contribution in [2.45, 2.75) is 19.9 Å². The van der Waals surface area contributed by atoms with Gasteiger partial charge in [0.05, 0.1) is 18.5 Å². The maximum atomic E-state index is 11.0. The first-order chi connectivity index (χ1) is 10.2. The number of aromatic nitrogens is 4. The fourth-order valence-electron chi connectivity index (χ4n) is 2.05. The van der Waals surface area contributed by atoms with E-state index in [1.807, 2.05) is 6.92 Å². The van der Waals surface area contributed by atoms with Crippen molar-refractivity contribution in [2.75, 3.05) is 0 Å². The van der Waals surface area contributed by atoms with E-state index < -0.39 is 5.97 Å². The highest BCUT2D eigenvalue weighted by atomic mass is 16.5. The summed E-state index contributed by atoms with van der Waals surface area (Å²) < 4.78 is 11.9. The van der Waals surface area contributed by atoms with Gasteiger partial charge in [-0.05, 0) is 18.6 Å². The molecule has 1 N–H and O–H groups in total. The number of carbonyl (C=O) groups is 1. The Bertz CT molecular complexity index is 757. The van der Waals surface area contributed by atoms with E-state index >= 15 is 0 Å². The standard InChI is InChI=1S/C13H12N4O4/c1-2-9-12(13(18)19)14-16-17(9)7-8-6-11(21-15-8)10-4-3-5-20-10/h3-6H,2,7H2,1H3,(H,18,19). The normalized spacial score (nSPS) is 10.9. The molecule has 0 saturated carbocycles. The minimum atomic E-state index is -1.09. The van der Waals surface area contributed by atoms with Crippen molar-refractivity contribution in [1.82, 2.24) is 20.2 Å². The van der Waals surface area contributed by atoms with Gasteiger partial charge in [-0.2, -0.15) is 0 Å². The van der Waals surface area contributed by atoms with Crippen LogP contribution >= 0.6 is 0 Å². The van der Waals surface area contributed by atoms with Crippen LogP contribution in [0.5, 0.6) is 0 Å². The Balaban J connectivity index is 1.86. The Morgan fingerprint density at radius 1 is 1.43 bits per heavy atom. The Labute approximate surface area is 119 Å². The Kier molecular flexibility index (Phi) is 3.27. The lowest BCUT2D eigenvalue weighted by Crippen LogP contribution is -2.08. The van der Waals surface area contributed by atoms with Gasteiger partial charge < -0.3 is 14.0 Å². The quantitative estimate of drug-likeness (QED) is 0.763. The van der Waals surface area contributed by atoms with Gasteiger partial charge in [0.25, 0.3) is 0 Å². The second kappa shape index (κ2) is 5.23. The van der Waals surface area contributed by atoms with Crippen LogP contribution in [0.4, 0.5) is 0 Å². The molecule has 0 aliphatic carbocycles. The summed E-state index contributed by atoms with van der Waals surface area (Å²) in [7, 11) is 0. The van der Waals surface area contributed by atoms with Crippen LogP contribution in [-0.2, 0) is 13.0 Å². The molecule has 0 bridgehead atoms. The third-order valence-corrected chi connectivity index (χ3v) is 3.01. The fourth-order valence-corrected chi connectivity index (χ4v) is 2.05. The Hall–Kier alpha value is -2.90. The molecule has 0 spiro atoms. The van der Waals surface area contributed by atoms with Crippen molar-refractivity contribution in [3.05, 3.63) is 41.5 Å². The predicted octanol–water partition coefficient (Wildman–Crippen LogP) is 1.83. The number of aromatic carboxylic acids is 1. The molecule has 0 aromatic carbocycles. The molecular weight excluding hydrogens is 276 g/mol.